The maximum Gasteiger partial charge on any atom is 0.500 e. The Labute approximate surface area is 193 Å². The zero-order valence-corrected chi connectivity index (χ0v) is 19.8. The van der Waals surface area contributed by atoms with Crippen molar-refractivity contribution >= 4 is 14.6 Å². The largest absolute Gasteiger partial charge is 0.508 e. The number of phenolic OH excluding ortho intramolecular Hbond substituents is 3. The van der Waals surface area contributed by atoms with Gasteiger partial charge in [0.1, 0.15) is 35.7 Å². The molecule has 2 aromatic carbocycles. The number of ether oxygens (including phenoxy) is 2. The van der Waals surface area contributed by atoms with Crippen molar-refractivity contribution in [2.75, 3.05) is 41.2 Å². The monoisotopic (exact) mass is 482 g/mol. The second-order valence-corrected chi connectivity index (χ2v) is 10.2. The van der Waals surface area contributed by atoms with Gasteiger partial charge in [0.25, 0.3) is 0 Å². The molecule has 11 heteroatoms. The maximum atomic E-state index is 12.5. The van der Waals surface area contributed by atoms with Gasteiger partial charge >= 0.3 is 8.80 Å². The van der Waals surface area contributed by atoms with Crippen molar-refractivity contribution in [2.24, 2.45) is 0 Å². The van der Waals surface area contributed by atoms with Gasteiger partial charge in [-0.3, -0.25) is 4.79 Å². The summed E-state index contributed by atoms with van der Waals surface area (Å²) in [5.41, 5.74) is -0.110. The highest BCUT2D eigenvalue weighted by Gasteiger charge is 2.36. The van der Waals surface area contributed by atoms with Crippen LogP contribution in [0.3, 0.4) is 0 Å². The Morgan fingerprint density at radius 1 is 0.909 bits per heavy atom. The Bertz CT molecular complexity index is 908. The molecule has 0 heterocycles. The fourth-order valence-corrected chi connectivity index (χ4v) is 4.75. The molecule has 4 N–H and O–H groups in total. The first kappa shape index (κ1) is 26.6. The normalized spacial score (nSPS) is 12.5. The number of hydrogen-bond donors (Lipinski definition) is 4. The molecular formula is C22H30O10Si. The lowest BCUT2D eigenvalue weighted by molar-refractivity contribution is 0.0111. The standard InChI is InChI=1S/C22H30O10Si/c1-28-33(29-2,30-3)10-4-9-31-13-16(24)14-32-17-6-8-19(21(26)12-17)22(27)18-7-5-15(23)11-20(18)25/h5-8,11-12,16,23-26H,4,9-10,13-14H2,1-3H3. The summed E-state index contributed by atoms with van der Waals surface area (Å²) >= 11 is 0. The molecule has 1 unspecified atom stereocenters. The Morgan fingerprint density at radius 3 is 2.09 bits per heavy atom. The number of hydrogen-bond acceptors (Lipinski definition) is 10. The minimum absolute atomic E-state index is 0.0458. The van der Waals surface area contributed by atoms with Crippen LogP contribution in [0.2, 0.25) is 6.04 Å². The third-order valence-electron chi connectivity index (χ3n) is 4.90. The highest BCUT2D eigenvalue weighted by atomic mass is 28.4. The molecule has 0 saturated heterocycles. The fourth-order valence-electron chi connectivity index (χ4n) is 3.06. The highest BCUT2D eigenvalue weighted by Crippen LogP contribution is 2.30. The van der Waals surface area contributed by atoms with E-state index >= 15 is 0 Å². The van der Waals surface area contributed by atoms with E-state index in [1.165, 1.54) is 30.3 Å². The van der Waals surface area contributed by atoms with E-state index in [4.69, 9.17) is 22.8 Å². The van der Waals surface area contributed by atoms with Crippen molar-refractivity contribution in [3.63, 3.8) is 0 Å². The Kier molecular flexibility index (Phi) is 10.1. The van der Waals surface area contributed by atoms with Crippen molar-refractivity contribution in [3.8, 4) is 23.0 Å². The summed E-state index contributed by atoms with van der Waals surface area (Å²) in [6.45, 7) is 0.339. The first-order valence-corrected chi connectivity index (χ1v) is 12.1. The van der Waals surface area contributed by atoms with Crippen LogP contribution in [0, 0.1) is 0 Å². The van der Waals surface area contributed by atoms with Crippen LogP contribution in [0.5, 0.6) is 23.0 Å². The van der Waals surface area contributed by atoms with Crippen molar-refractivity contribution in [1.29, 1.82) is 0 Å². The number of aliphatic hydroxyl groups is 1. The zero-order valence-electron chi connectivity index (χ0n) is 18.8. The predicted octanol–water partition coefficient (Wildman–Crippen LogP) is 2.06. The van der Waals surface area contributed by atoms with E-state index in [1.807, 2.05) is 0 Å². The molecule has 0 spiro atoms. The van der Waals surface area contributed by atoms with Crippen LogP contribution in [0.4, 0.5) is 0 Å². The third kappa shape index (κ3) is 7.42. The van der Waals surface area contributed by atoms with Gasteiger partial charge in [-0.05, 0) is 30.7 Å². The highest BCUT2D eigenvalue weighted by molar-refractivity contribution is 6.60. The number of aromatic hydroxyl groups is 3. The van der Waals surface area contributed by atoms with Gasteiger partial charge in [-0.15, -0.1) is 0 Å². The molecule has 0 aromatic heterocycles. The molecule has 0 bridgehead atoms. The lowest BCUT2D eigenvalue weighted by Gasteiger charge is -2.24. The van der Waals surface area contributed by atoms with E-state index in [9.17, 15) is 25.2 Å². The Morgan fingerprint density at radius 2 is 1.52 bits per heavy atom. The van der Waals surface area contributed by atoms with Gasteiger partial charge in [0.05, 0.1) is 17.7 Å². The van der Waals surface area contributed by atoms with E-state index in [1.54, 1.807) is 21.3 Å². The second-order valence-electron chi connectivity index (χ2n) is 7.15. The van der Waals surface area contributed by atoms with E-state index in [2.05, 4.69) is 0 Å². The molecule has 0 fully saturated rings. The first-order chi connectivity index (χ1) is 15.7. The van der Waals surface area contributed by atoms with Crippen molar-refractivity contribution < 1.29 is 48.0 Å². The molecule has 0 saturated carbocycles. The molecular weight excluding hydrogens is 452 g/mol. The summed E-state index contributed by atoms with van der Waals surface area (Å²) < 4.78 is 26.9. The fraction of sp³-hybridized carbons (Fsp3) is 0.409. The van der Waals surface area contributed by atoms with Crippen LogP contribution < -0.4 is 4.74 Å². The van der Waals surface area contributed by atoms with Crippen LogP contribution in [0.1, 0.15) is 22.3 Å². The topological polar surface area (TPSA) is 144 Å². The lowest BCUT2D eigenvalue weighted by atomic mass is 10.0. The number of benzene rings is 2. The molecule has 0 radical (unpaired) electrons. The van der Waals surface area contributed by atoms with E-state index < -0.39 is 26.4 Å². The molecule has 2 aromatic rings. The minimum atomic E-state index is -2.64. The van der Waals surface area contributed by atoms with Crippen LogP contribution in [-0.2, 0) is 18.0 Å². The summed E-state index contributed by atoms with van der Waals surface area (Å²) in [5, 5.41) is 39.5. The zero-order chi connectivity index (χ0) is 24.4. The van der Waals surface area contributed by atoms with E-state index in [-0.39, 0.29) is 41.6 Å². The number of carbonyl (C=O) groups excluding carboxylic acids is 1. The van der Waals surface area contributed by atoms with Crippen molar-refractivity contribution in [3.05, 3.63) is 47.5 Å². The van der Waals surface area contributed by atoms with Gasteiger partial charge in [0.15, 0.2) is 5.78 Å². The van der Waals surface area contributed by atoms with Crippen LogP contribution >= 0.6 is 0 Å². The summed E-state index contributed by atoms with van der Waals surface area (Å²) in [4.78, 5) is 12.5. The predicted molar refractivity (Wildman–Crippen MR) is 120 cm³/mol. The summed E-state index contributed by atoms with van der Waals surface area (Å²) in [5.74, 6) is -1.31. The number of phenols is 3. The SMILES string of the molecule is CO[Si](CCCOCC(O)COc1ccc(C(=O)c2ccc(O)cc2O)c(O)c1)(OC)OC. The number of aliphatic hydroxyl groups excluding tert-OH is 1. The summed E-state index contributed by atoms with van der Waals surface area (Å²) in [7, 11) is 1.98. The Hall–Kier alpha value is -2.67. The maximum absolute atomic E-state index is 12.5. The van der Waals surface area contributed by atoms with Gasteiger partial charge in [-0.25, -0.2) is 0 Å². The number of ketones is 1. The third-order valence-corrected chi connectivity index (χ3v) is 7.73. The molecule has 33 heavy (non-hydrogen) atoms. The molecule has 0 aliphatic carbocycles. The van der Waals surface area contributed by atoms with Crippen LogP contribution in [0.25, 0.3) is 0 Å². The van der Waals surface area contributed by atoms with Gasteiger partial charge < -0.3 is 43.2 Å². The molecule has 0 aliphatic rings. The molecule has 1 atom stereocenters. The molecule has 0 amide bonds. The van der Waals surface area contributed by atoms with Gasteiger partial charge in [0.2, 0.25) is 0 Å². The lowest BCUT2D eigenvalue weighted by Crippen LogP contribution is -2.42. The van der Waals surface area contributed by atoms with Crippen molar-refractivity contribution in [1.82, 2.24) is 0 Å². The Balaban J connectivity index is 1.81. The van der Waals surface area contributed by atoms with Gasteiger partial charge in [0, 0.05) is 46.1 Å². The quantitative estimate of drug-likeness (QED) is 0.179. The summed E-state index contributed by atoms with van der Waals surface area (Å²) in [6, 6.07) is 8.18. The van der Waals surface area contributed by atoms with Gasteiger partial charge in [-0.2, -0.15) is 0 Å². The van der Waals surface area contributed by atoms with Gasteiger partial charge in [-0.1, -0.05) is 0 Å². The van der Waals surface area contributed by atoms with Crippen molar-refractivity contribution in [2.45, 2.75) is 18.6 Å². The number of rotatable bonds is 14. The molecule has 10 nitrogen and oxygen atoms in total. The van der Waals surface area contributed by atoms with E-state index in [0.717, 1.165) is 6.07 Å². The summed E-state index contributed by atoms with van der Waals surface area (Å²) in [6.07, 6.45) is -0.272. The molecule has 2 rings (SSSR count). The van der Waals surface area contributed by atoms with Crippen LogP contribution in [0.15, 0.2) is 36.4 Å². The second kappa shape index (κ2) is 12.5. The van der Waals surface area contributed by atoms with Crippen LogP contribution in [-0.4, -0.2) is 82.3 Å². The minimum Gasteiger partial charge on any atom is -0.508 e. The van der Waals surface area contributed by atoms with E-state index in [0.29, 0.717) is 19.1 Å². The molecule has 182 valence electrons. The first-order valence-electron chi connectivity index (χ1n) is 10.2. The molecule has 0 aliphatic heterocycles. The average Bonchev–Trinajstić information content (AvgIpc) is 2.80. The average molecular weight is 483 g/mol. The number of carbonyl (C=O) groups is 1. The smallest absolute Gasteiger partial charge is 0.500 e.